The summed E-state index contributed by atoms with van der Waals surface area (Å²) in [6.45, 7) is 6.02. The van der Waals surface area contributed by atoms with Crippen molar-refractivity contribution in [3.63, 3.8) is 0 Å². The van der Waals surface area contributed by atoms with Crippen molar-refractivity contribution >= 4 is 28.9 Å². The molecule has 2 aromatic heterocycles. The monoisotopic (exact) mass is 367 g/mol. The van der Waals surface area contributed by atoms with E-state index in [9.17, 15) is 0 Å². The minimum atomic E-state index is 0.450. The number of halogens is 1. The highest BCUT2D eigenvalue weighted by atomic mass is 35.5. The first-order valence-electron chi connectivity index (χ1n) is 7.71. The molecule has 0 radical (unpaired) electrons. The lowest BCUT2D eigenvalue weighted by molar-refractivity contribution is 0.309. The molecule has 6 nitrogen and oxygen atoms in total. The van der Waals surface area contributed by atoms with Crippen LogP contribution in [0.4, 0.5) is 0 Å². The Kier molecular flexibility index (Phi) is 7.27. The number of ether oxygens (including phenoxy) is 1. The average Bonchev–Trinajstić information content (AvgIpc) is 3.05. The molecule has 8 heteroatoms. The maximum absolute atomic E-state index is 5.78. The standard InChI is InChI=1S/C16H22ClN5OS/c1-11(2)13-10-24-15(22-13)9-21-16(18-3)19-6-7-23-14-5-4-12(17)8-20-14/h4-5,8,10-11H,6-7,9H2,1-3H3,(H2,18,19,21). The van der Waals surface area contributed by atoms with E-state index in [4.69, 9.17) is 16.3 Å². The molecule has 0 saturated carbocycles. The highest BCUT2D eigenvalue weighted by Gasteiger charge is 2.06. The molecular formula is C16H22ClN5OS. The third kappa shape index (κ3) is 5.98. The molecule has 0 aliphatic heterocycles. The van der Waals surface area contributed by atoms with Gasteiger partial charge in [0.25, 0.3) is 0 Å². The van der Waals surface area contributed by atoms with Gasteiger partial charge >= 0.3 is 0 Å². The van der Waals surface area contributed by atoms with Crippen LogP contribution in [0.5, 0.6) is 5.88 Å². The summed E-state index contributed by atoms with van der Waals surface area (Å²) in [5, 5.41) is 10.2. The van der Waals surface area contributed by atoms with E-state index in [0.29, 0.717) is 42.5 Å². The molecule has 2 N–H and O–H groups in total. The third-order valence-corrected chi connectivity index (χ3v) is 4.23. The summed E-state index contributed by atoms with van der Waals surface area (Å²) in [7, 11) is 1.73. The molecule has 0 atom stereocenters. The normalized spacial score (nSPS) is 11.6. The van der Waals surface area contributed by atoms with Crippen molar-refractivity contribution in [2.75, 3.05) is 20.2 Å². The molecule has 24 heavy (non-hydrogen) atoms. The second kappa shape index (κ2) is 9.44. The van der Waals surface area contributed by atoms with Gasteiger partial charge in [-0.05, 0) is 12.0 Å². The van der Waals surface area contributed by atoms with E-state index >= 15 is 0 Å². The molecule has 0 bridgehead atoms. The topological polar surface area (TPSA) is 71.4 Å². The number of hydrogen-bond donors (Lipinski definition) is 2. The quantitative estimate of drug-likeness (QED) is 0.447. The molecule has 2 heterocycles. The van der Waals surface area contributed by atoms with Crippen LogP contribution in [0, 0.1) is 0 Å². The van der Waals surface area contributed by atoms with E-state index in [1.54, 1.807) is 36.7 Å². The lowest BCUT2D eigenvalue weighted by Crippen LogP contribution is -2.38. The SMILES string of the molecule is CN=C(NCCOc1ccc(Cl)cn1)NCc1nc(C(C)C)cs1. The van der Waals surface area contributed by atoms with Gasteiger partial charge in [0.2, 0.25) is 5.88 Å². The van der Waals surface area contributed by atoms with E-state index < -0.39 is 0 Å². The number of guanidine groups is 1. The number of hydrogen-bond acceptors (Lipinski definition) is 5. The maximum atomic E-state index is 5.78. The first-order valence-corrected chi connectivity index (χ1v) is 8.97. The number of aromatic nitrogens is 2. The van der Waals surface area contributed by atoms with Gasteiger partial charge in [-0.2, -0.15) is 0 Å². The van der Waals surface area contributed by atoms with Gasteiger partial charge in [-0.25, -0.2) is 9.97 Å². The number of thiazole rings is 1. The Bertz CT molecular complexity index is 657. The third-order valence-electron chi connectivity index (χ3n) is 3.14. The Balaban J connectivity index is 1.69. The van der Waals surface area contributed by atoms with Crippen LogP contribution >= 0.6 is 22.9 Å². The largest absolute Gasteiger partial charge is 0.476 e. The lowest BCUT2D eigenvalue weighted by atomic mass is 10.2. The Hall–Kier alpha value is -1.86. The molecule has 0 saturated heterocycles. The van der Waals surface area contributed by atoms with Crippen molar-refractivity contribution in [2.45, 2.75) is 26.3 Å². The number of nitrogens with one attached hydrogen (secondary N) is 2. The van der Waals surface area contributed by atoms with Crippen LogP contribution in [0.15, 0.2) is 28.7 Å². The zero-order valence-corrected chi connectivity index (χ0v) is 15.6. The predicted molar refractivity (Wildman–Crippen MR) is 99.1 cm³/mol. The fraction of sp³-hybridized carbons (Fsp3) is 0.438. The van der Waals surface area contributed by atoms with Crippen LogP contribution in [-0.2, 0) is 6.54 Å². The van der Waals surface area contributed by atoms with Gasteiger partial charge in [0.1, 0.15) is 11.6 Å². The van der Waals surface area contributed by atoms with E-state index in [0.717, 1.165) is 10.7 Å². The van der Waals surface area contributed by atoms with Gasteiger partial charge in [-0.1, -0.05) is 25.4 Å². The van der Waals surface area contributed by atoms with Crippen molar-refractivity contribution in [2.24, 2.45) is 4.99 Å². The molecular weight excluding hydrogens is 346 g/mol. The van der Waals surface area contributed by atoms with Crippen LogP contribution in [-0.4, -0.2) is 36.1 Å². The summed E-state index contributed by atoms with van der Waals surface area (Å²) in [5.41, 5.74) is 1.13. The minimum Gasteiger partial charge on any atom is -0.476 e. The summed E-state index contributed by atoms with van der Waals surface area (Å²) in [5.74, 6) is 1.71. The van der Waals surface area contributed by atoms with Crippen molar-refractivity contribution < 1.29 is 4.74 Å². The number of rotatable bonds is 7. The second-order valence-corrected chi connectivity index (χ2v) is 6.72. The van der Waals surface area contributed by atoms with Gasteiger partial charge in [0, 0.05) is 24.7 Å². The van der Waals surface area contributed by atoms with Gasteiger partial charge in [0.15, 0.2) is 5.96 Å². The number of aliphatic imine (C=N–C) groups is 1. The van der Waals surface area contributed by atoms with Gasteiger partial charge in [-0.3, -0.25) is 4.99 Å². The van der Waals surface area contributed by atoms with Crippen molar-refractivity contribution in [1.29, 1.82) is 0 Å². The van der Waals surface area contributed by atoms with E-state index in [-0.39, 0.29) is 0 Å². The van der Waals surface area contributed by atoms with Gasteiger partial charge < -0.3 is 15.4 Å². The van der Waals surface area contributed by atoms with Gasteiger partial charge in [-0.15, -0.1) is 11.3 Å². The minimum absolute atomic E-state index is 0.450. The maximum Gasteiger partial charge on any atom is 0.213 e. The molecule has 130 valence electrons. The first-order chi connectivity index (χ1) is 11.6. The molecule has 0 fully saturated rings. The summed E-state index contributed by atoms with van der Waals surface area (Å²) in [4.78, 5) is 12.8. The Morgan fingerprint density at radius 1 is 1.38 bits per heavy atom. The average molecular weight is 368 g/mol. The summed E-state index contributed by atoms with van der Waals surface area (Å²) < 4.78 is 5.52. The molecule has 2 rings (SSSR count). The van der Waals surface area contributed by atoms with Crippen LogP contribution in [0.3, 0.4) is 0 Å². The van der Waals surface area contributed by atoms with Crippen molar-refractivity contribution in [3.8, 4) is 5.88 Å². The first kappa shape index (κ1) is 18.5. The summed E-state index contributed by atoms with van der Waals surface area (Å²) in [6, 6.07) is 3.49. The smallest absolute Gasteiger partial charge is 0.213 e. The Morgan fingerprint density at radius 2 is 2.21 bits per heavy atom. The van der Waals surface area contributed by atoms with E-state index in [1.165, 1.54) is 0 Å². The summed E-state index contributed by atoms with van der Waals surface area (Å²) in [6.07, 6.45) is 1.56. The molecule has 0 aromatic carbocycles. The molecule has 2 aromatic rings. The highest BCUT2D eigenvalue weighted by Crippen LogP contribution is 2.17. The fourth-order valence-electron chi connectivity index (χ4n) is 1.82. The van der Waals surface area contributed by atoms with Crippen molar-refractivity contribution in [3.05, 3.63) is 39.4 Å². The van der Waals surface area contributed by atoms with E-state index in [2.05, 4.69) is 44.8 Å². The zero-order valence-electron chi connectivity index (χ0n) is 14.0. The lowest BCUT2D eigenvalue weighted by Gasteiger charge is -2.11. The Labute approximate surface area is 151 Å². The van der Waals surface area contributed by atoms with E-state index in [1.807, 2.05) is 0 Å². The molecule has 0 spiro atoms. The van der Waals surface area contributed by atoms with Crippen molar-refractivity contribution in [1.82, 2.24) is 20.6 Å². The summed E-state index contributed by atoms with van der Waals surface area (Å²) >= 11 is 7.44. The number of pyridine rings is 1. The van der Waals surface area contributed by atoms with Crippen LogP contribution < -0.4 is 15.4 Å². The van der Waals surface area contributed by atoms with Crippen LogP contribution in [0.1, 0.15) is 30.5 Å². The molecule has 0 aliphatic rings. The number of nitrogens with zero attached hydrogens (tertiary/aromatic N) is 3. The zero-order chi connectivity index (χ0) is 17.4. The molecule has 0 unspecified atom stereocenters. The van der Waals surface area contributed by atoms with Crippen LogP contribution in [0.2, 0.25) is 5.02 Å². The highest BCUT2D eigenvalue weighted by molar-refractivity contribution is 7.09. The predicted octanol–water partition coefficient (Wildman–Crippen LogP) is 3.06. The Morgan fingerprint density at radius 3 is 2.83 bits per heavy atom. The van der Waals surface area contributed by atoms with Gasteiger partial charge in [0.05, 0.1) is 23.8 Å². The molecule has 0 aliphatic carbocycles. The fourth-order valence-corrected chi connectivity index (χ4v) is 2.83. The second-order valence-electron chi connectivity index (χ2n) is 5.34. The van der Waals surface area contributed by atoms with Crippen LogP contribution in [0.25, 0.3) is 0 Å². The molecule has 0 amide bonds.